The highest BCUT2D eigenvalue weighted by Gasteiger charge is 2.07. The Hall–Kier alpha value is -1.30. The molecule has 1 rings (SSSR count). The van der Waals surface area contributed by atoms with Gasteiger partial charge in [-0.3, -0.25) is 0 Å². The molecule has 0 saturated carbocycles. The lowest BCUT2D eigenvalue weighted by atomic mass is 10.4. The van der Waals surface area contributed by atoms with E-state index in [-0.39, 0.29) is 0 Å². The fraction of sp³-hybridized carbons (Fsp3) is 0.714. The molecule has 0 amide bonds. The van der Waals surface area contributed by atoms with Gasteiger partial charge in [0.15, 0.2) is 0 Å². The smallest absolute Gasteiger partial charge is 0.479 e. The van der Waals surface area contributed by atoms with Crippen molar-refractivity contribution in [3.8, 4) is 0 Å². The summed E-state index contributed by atoms with van der Waals surface area (Å²) in [5.74, 6) is -1.19. The predicted molar refractivity (Wildman–Crippen MR) is 41.2 cm³/mol. The number of carbonyl (C=O) groups is 2. The Morgan fingerprint density at radius 2 is 1.85 bits per heavy atom. The van der Waals surface area contributed by atoms with Gasteiger partial charge >= 0.3 is 12.1 Å². The van der Waals surface area contributed by atoms with Crippen LogP contribution in [0.1, 0.15) is 13.3 Å². The predicted octanol–water partition coefficient (Wildman–Crippen LogP) is -0.00490. The van der Waals surface area contributed by atoms with Crippen LogP contribution in [-0.2, 0) is 14.3 Å². The Kier molecular flexibility index (Phi) is 5.62. The zero-order valence-electron chi connectivity index (χ0n) is 7.23. The molecule has 0 aromatic carbocycles. The maximum atomic E-state index is 10.0. The molecule has 6 heteroatoms. The lowest BCUT2D eigenvalue weighted by Gasteiger charge is -2.09. The number of ether oxygens (including phenoxy) is 2. The molecule has 6 nitrogen and oxygen atoms in total. The Balaban J connectivity index is 0.000000226. The molecule has 13 heavy (non-hydrogen) atoms. The topological polar surface area (TPSA) is 93.1 Å². The first-order chi connectivity index (χ1) is 6.04. The number of carboxylic acid groups (broad SMARTS) is 1. The van der Waals surface area contributed by atoms with Crippen LogP contribution in [0.4, 0.5) is 4.79 Å². The molecule has 2 N–H and O–H groups in total. The molecule has 1 aliphatic heterocycles. The number of hydrogen-bond acceptors (Lipinski definition) is 5. The van der Waals surface area contributed by atoms with Gasteiger partial charge < -0.3 is 19.7 Å². The first-order valence-electron chi connectivity index (χ1n) is 3.74. The molecule has 0 spiro atoms. The van der Waals surface area contributed by atoms with Crippen LogP contribution in [0.5, 0.6) is 0 Å². The van der Waals surface area contributed by atoms with Gasteiger partial charge in [-0.25, -0.2) is 9.59 Å². The van der Waals surface area contributed by atoms with Crippen molar-refractivity contribution in [3.63, 3.8) is 0 Å². The minimum absolute atomic E-state index is 0.513. The van der Waals surface area contributed by atoms with E-state index in [1.165, 1.54) is 6.92 Å². The van der Waals surface area contributed by atoms with E-state index in [1.807, 2.05) is 0 Å². The average molecular weight is 192 g/mol. The standard InChI is InChI=1S/C4H6O3.C3H6O3/c5-4-6-2-1-3-7-4;1-2(4)3(5)6/h1-3H2;2,4H,1H3,(H,5,6). The summed E-state index contributed by atoms with van der Waals surface area (Å²) in [5, 5.41) is 15.8. The fourth-order valence-electron chi connectivity index (χ4n) is 0.412. The number of carboxylic acids is 1. The molecule has 76 valence electrons. The number of rotatable bonds is 1. The van der Waals surface area contributed by atoms with Crippen LogP contribution in [0.3, 0.4) is 0 Å². The SMILES string of the molecule is CC(O)C(=O)O.O=C1OCCCO1. The Morgan fingerprint density at radius 3 is 2.00 bits per heavy atom. The molecule has 1 fully saturated rings. The molecule has 1 heterocycles. The highest BCUT2D eigenvalue weighted by molar-refractivity contribution is 5.71. The van der Waals surface area contributed by atoms with E-state index >= 15 is 0 Å². The van der Waals surface area contributed by atoms with Gasteiger partial charge in [-0.05, 0) is 6.92 Å². The Morgan fingerprint density at radius 1 is 1.46 bits per heavy atom. The third-order valence-electron chi connectivity index (χ3n) is 1.09. The van der Waals surface area contributed by atoms with E-state index < -0.39 is 18.2 Å². The zero-order chi connectivity index (χ0) is 10.3. The summed E-state index contributed by atoms with van der Waals surface area (Å²) in [6.07, 6.45) is -0.942. The largest absolute Gasteiger partial charge is 0.508 e. The first kappa shape index (κ1) is 11.7. The molecular formula is C7H12O6. The molecule has 0 radical (unpaired) electrons. The van der Waals surface area contributed by atoms with E-state index in [9.17, 15) is 9.59 Å². The van der Waals surface area contributed by atoms with Crippen molar-refractivity contribution in [1.29, 1.82) is 0 Å². The summed E-state index contributed by atoms with van der Waals surface area (Å²) >= 11 is 0. The van der Waals surface area contributed by atoms with Gasteiger partial charge in [-0.15, -0.1) is 0 Å². The van der Waals surface area contributed by atoms with Crippen molar-refractivity contribution in [3.05, 3.63) is 0 Å². The van der Waals surface area contributed by atoms with Crippen molar-refractivity contribution < 1.29 is 29.3 Å². The number of cyclic esters (lactones) is 2. The van der Waals surface area contributed by atoms with Gasteiger partial charge in [0.1, 0.15) is 6.10 Å². The summed E-state index contributed by atoms with van der Waals surface area (Å²) < 4.78 is 8.83. The summed E-state index contributed by atoms with van der Waals surface area (Å²) in [5.41, 5.74) is 0. The zero-order valence-corrected chi connectivity index (χ0v) is 7.23. The number of hydrogen-bond donors (Lipinski definition) is 2. The van der Waals surface area contributed by atoms with Gasteiger partial charge in [-0.2, -0.15) is 0 Å². The molecule has 0 aromatic heterocycles. The molecule has 1 aliphatic rings. The van der Waals surface area contributed by atoms with Crippen LogP contribution in [0.15, 0.2) is 0 Å². The van der Waals surface area contributed by atoms with Gasteiger partial charge in [0.25, 0.3) is 0 Å². The van der Waals surface area contributed by atoms with Gasteiger partial charge in [0.2, 0.25) is 0 Å². The van der Waals surface area contributed by atoms with Crippen LogP contribution < -0.4 is 0 Å². The average Bonchev–Trinajstić information content (AvgIpc) is 2.06. The molecule has 1 atom stereocenters. The van der Waals surface area contributed by atoms with Crippen molar-refractivity contribution in [2.24, 2.45) is 0 Å². The van der Waals surface area contributed by atoms with Gasteiger partial charge in [0, 0.05) is 6.42 Å². The molecule has 1 unspecified atom stereocenters. The second kappa shape index (κ2) is 6.24. The third-order valence-corrected chi connectivity index (χ3v) is 1.09. The maximum absolute atomic E-state index is 10.0. The van der Waals surface area contributed by atoms with Crippen molar-refractivity contribution in [1.82, 2.24) is 0 Å². The first-order valence-corrected chi connectivity index (χ1v) is 3.74. The van der Waals surface area contributed by atoms with E-state index in [0.717, 1.165) is 6.42 Å². The molecule has 0 aliphatic carbocycles. The van der Waals surface area contributed by atoms with Crippen LogP contribution >= 0.6 is 0 Å². The minimum atomic E-state index is -1.23. The van der Waals surface area contributed by atoms with Crippen LogP contribution in [-0.4, -0.2) is 41.7 Å². The number of aliphatic hydroxyl groups is 1. The van der Waals surface area contributed by atoms with Crippen molar-refractivity contribution >= 4 is 12.1 Å². The number of aliphatic hydroxyl groups excluding tert-OH is 1. The maximum Gasteiger partial charge on any atom is 0.508 e. The van der Waals surface area contributed by atoms with Crippen molar-refractivity contribution in [2.45, 2.75) is 19.4 Å². The Bertz CT molecular complexity index is 168. The normalized spacial score (nSPS) is 17.2. The second-order valence-corrected chi connectivity index (χ2v) is 2.31. The van der Waals surface area contributed by atoms with Gasteiger partial charge in [-0.1, -0.05) is 0 Å². The van der Waals surface area contributed by atoms with Crippen LogP contribution in [0.25, 0.3) is 0 Å². The molecular weight excluding hydrogens is 180 g/mol. The summed E-state index contributed by atoms with van der Waals surface area (Å²) in [7, 11) is 0. The quantitative estimate of drug-likeness (QED) is 0.568. The summed E-state index contributed by atoms with van der Waals surface area (Å²) in [6.45, 7) is 2.22. The highest BCUT2D eigenvalue weighted by atomic mass is 16.7. The number of carbonyl (C=O) groups excluding carboxylic acids is 1. The minimum Gasteiger partial charge on any atom is -0.479 e. The Labute approximate surface area is 75.1 Å². The molecule has 0 bridgehead atoms. The lowest BCUT2D eigenvalue weighted by molar-refractivity contribution is -0.145. The second-order valence-electron chi connectivity index (χ2n) is 2.31. The number of aliphatic carboxylic acids is 1. The summed E-state index contributed by atoms with van der Waals surface area (Å²) in [6, 6.07) is 0. The third kappa shape index (κ3) is 7.07. The van der Waals surface area contributed by atoms with Crippen LogP contribution in [0, 0.1) is 0 Å². The van der Waals surface area contributed by atoms with E-state index in [0.29, 0.717) is 13.2 Å². The monoisotopic (exact) mass is 192 g/mol. The van der Waals surface area contributed by atoms with Crippen molar-refractivity contribution in [2.75, 3.05) is 13.2 Å². The van der Waals surface area contributed by atoms with Gasteiger partial charge in [0.05, 0.1) is 13.2 Å². The highest BCUT2D eigenvalue weighted by Crippen LogP contribution is 1.95. The molecule has 0 aromatic rings. The van der Waals surface area contributed by atoms with E-state index in [4.69, 9.17) is 10.2 Å². The summed E-state index contributed by atoms with van der Waals surface area (Å²) in [4.78, 5) is 19.5. The fourth-order valence-corrected chi connectivity index (χ4v) is 0.412. The van der Waals surface area contributed by atoms with Crippen LogP contribution in [0.2, 0.25) is 0 Å². The van der Waals surface area contributed by atoms with E-state index in [2.05, 4.69) is 9.47 Å². The molecule has 1 saturated heterocycles. The lowest BCUT2D eigenvalue weighted by Crippen LogP contribution is -2.16. The van der Waals surface area contributed by atoms with E-state index in [1.54, 1.807) is 0 Å².